The zero-order valence-corrected chi connectivity index (χ0v) is 12.6. The van der Waals surface area contributed by atoms with Gasteiger partial charge in [0.15, 0.2) is 0 Å². The molecule has 0 radical (unpaired) electrons. The Morgan fingerprint density at radius 1 is 1.53 bits per heavy atom. The summed E-state index contributed by atoms with van der Waals surface area (Å²) >= 11 is 3.43. The molecule has 1 aromatic rings. The maximum absolute atomic E-state index is 11.9. The van der Waals surface area contributed by atoms with Crippen LogP contribution in [-0.4, -0.2) is 22.8 Å². The van der Waals surface area contributed by atoms with Gasteiger partial charge < -0.3 is 5.32 Å². The predicted octanol–water partition coefficient (Wildman–Crippen LogP) is 2.88. The number of nitrogens with zero attached hydrogens (tertiary/aromatic N) is 2. The molecule has 4 nitrogen and oxygen atoms in total. The molecular weight excluding hydrogens is 306 g/mol. The fourth-order valence-electron chi connectivity index (χ4n) is 1.83. The van der Waals surface area contributed by atoms with E-state index in [1.54, 1.807) is 12.1 Å². The summed E-state index contributed by atoms with van der Waals surface area (Å²) in [6, 6.07) is 5.16. The van der Waals surface area contributed by atoms with Crippen molar-refractivity contribution in [3.05, 3.63) is 29.6 Å². The summed E-state index contributed by atoms with van der Waals surface area (Å²) in [7, 11) is 0. The summed E-state index contributed by atoms with van der Waals surface area (Å²) < 4.78 is 0. The number of hydrogen-bond donors (Lipinski definition) is 1. The standard InChI is InChI=1S/C14H18BrN3O/c1-2-3-11(6-7-15)9-18-14(19)13-5-4-12(8-16)10-17-13/h4-5,10-11H,2-3,6-7,9H2,1H3,(H,18,19). The Labute approximate surface area is 122 Å². The zero-order valence-electron chi connectivity index (χ0n) is 11.0. The summed E-state index contributed by atoms with van der Waals surface area (Å²) in [6.45, 7) is 2.81. The van der Waals surface area contributed by atoms with Gasteiger partial charge in [-0.25, -0.2) is 4.98 Å². The van der Waals surface area contributed by atoms with Crippen molar-refractivity contribution in [2.24, 2.45) is 5.92 Å². The average molecular weight is 324 g/mol. The van der Waals surface area contributed by atoms with Gasteiger partial charge in [-0.1, -0.05) is 29.3 Å². The first-order chi connectivity index (χ1) is 9.21. The Balaban J connectivity index is 2.51. The molecule has 0 aliphatic heterocycles. The number of hydrogen-bond acceptors (Lipinski definition) is 3. The number of alkyl halides is 1. The molecule has 0 aliphatic rings. The number of carbonyl (C=O) groups is 1. The molecular formula is C14H18BrN3O. The molecule has 5 heteroatoms. The molecule has 0 saturated carbocycles. The lowest BCUT2D eigenvalue weighted by molar-refractivity contribution is 0.0941. The summed E-state index contributed by atoms with van der Waals surface area (Å²) in [4.78, 5) is 15.9. The third-order valence-electron chi connectivity index (χ3n) is 2.89. The number of amides is 1. The zero-order chi connectivity index (χ0) is 14.1. The van der Waals surface area contributed by atoms with Crippen LogP contribution in [0.2, 0.25) is 0 Å². The van der Waals surface area contributed by atoms with Gasteiger partial charge in [0.25, 0.3) is 5.91 Å². The highest BCUT2D eigenvalue weighted by molar-refractivity contribution is 9.09. The quantitative estimate of drug-likeness (QED) is 0.784. The molecule has 1 aromatic heterocycles. The minimum Gasteiger partial charge on any atom is -0.350 e. The van der Waals surface area contributed by atoms with E-state index < -0.39 is 0 Å². The summed E-state index contributed by atoms with van der Waals surface area (Å²) in [5.74, 6) is 0.312. The molecule has 1 rings (SSSR count). The predicted molar refractivity (Wildman–Crippen MR) is 78.1 cm³/mol. The first-order valence-electron chi connectivity index (χ1n) is 6.41. The Morgan fingerprint density at radius 2 is 2.32 bits per heavy atom. The van der Waals surface area contributed by atoms with E-state index in [1.807, 2.05) is 6.07 Å². The van der Waals surface area contributed by atoms with E-state index in [2.05, 4.69) is 33.2 Å². The van der Waals surface area contributed by atoms with Crippen molar-refractivity contribution in [2.75, 3.05) is 11.9 Å². The van der Waals surface area contributed by atoms with Gasteiger partial charge in [-0.2, -0.15) is 5.26 Å². The van der Waals surface area contributed by atoms with Gasteiger partial charge >= 0.3 is 0 Å². The van der Waals surface area contributed by atoms with Crippen LogP contribution in [0.5, 0.6) is 0 Å². The number of halogens is 1. The molecule has 0 saturated heterocycles. The van der Waals surface area contributed by atoms with Crippen LogP contribution in [0.25, 0.3) is 0 Å². The van der Waals surface area contributed by atoms with Gasteiger partial charge in [0.2, 0.25) is 0 Å². The van der Waals surface area contributed by atoms with Crippen molar-refractivity contribution >= 4 is 21.8 Å². The molecule has 1 unspecified atom stereocenters. The smallest absolute Gasteiger partial charge is 0.269 e. The van der Waals surface area contributed by atoms with Gasteiger partial charge in [0, 0.05) is 18.1 Å². The van der Waals surface area contributed by atoms with Crippen LogP contribution in [0.4, 0.5) is 0 Å². The molecule has 0 bridgehead atoms. The van der Waals surface area contributed by atoms with Crippen LogP contribution in [0, 0.1) is 17.2 Å². The second-order valence-corrected chi connectivity index (χ2v) is 5.18. The fraction of sp³-hybridized carbons (Fsp3) is 0.500. The van der Waals surface area contributed by atoms with Crippen LogP contribution in [-0.2, 0) is 0 Å². The van der Waals surface area contributed by atoms with Gasteiger partial charge in [-0.05, 0) is 30.9 Å². The number of carbonyl (C=O) groups excluding carboxylic acids is 1. The van der Waals surface area contributed by atoms with Gasteiger partial charge in [0.1, 0.15) is 11.8 Å². The van der Waals surface area contributed by atoms with Crippen LogP contribution in [0.3, 0.4) is 0 Å². The van der Waals surface area contributed by atoms with E-state index in [-0.39, 0.29) is 5.91 Å². The topological polar surface area (TPSA) is 65.8 Å². The Bertz CT molecular complexity index is 433. The van der Waals surface area contributed by atoms with Crippen molar-refractivity contribution in [3.8, 4) is 6.07 Å². The molecule has 1 heterocycles. The normalized spacial score (nSPS) is 11.6. The van der Waals surface area contributed by atoms with E-state index in [0.717, 1.165) is 24.6 Å². The largest absolute Gasteiger partial charge is 0.350 e. The highest BCUT2D eigenvalue weighted by Gasteiger charge is 2.11. The fourth-order valence-corrected chi connectivity index (χ4v) is 2.48. The Kier molecular flexibility index (Phi) is 7.12. The monoisotopic (exact) mass is 323 g/mol. The number of rotatable bonds is 7. The van der Waals surface area contributed by atoms with E-state index in [9.17, 15) is 4.79 Å². The Hall–Kier alpha value is -1.41. The van der Waals surface area contributed by atoms with Crippen molar-refractivity contribution in [3.63, 3.8) is 0 Å². The number of nitrogens with one attached hydrogen (secondary N) is 1. The molecule has 102 valence electrons. The maximum Gasteiger partial charge on any atom is 0.269 e. The molecule has 0 spiro atoms. The van der Waals surface area contributed by atoms with Crippen molar-refractivity contribution in [2.45, 2.75) is 26.2 Å². The molecule has 0 aliphatic carbocycles. The van der Waals surface area contributed by atoms with E-state index in [4.69, 9.17) is 5.26 Å². The molecule has 1 N–H and O–H groups in total. The van der Waals surface area contributed by atoms with Crippen LogP contribution >= 0.6 is 15.9 Å². The summed E-state index contributed by atoms with van der Waals surface area (Å²) in [5.41, 5.74) is 0.813. The molecule has 0 fully saturated rings. The first kappa shape index (κ1) is 15.6. The van der Waals surface area contributed by atoms with Crippen molar-refractivity contribution < 1.29 is 4.79 Å². The van der Waals surface area contributed by atoms with Gasteiger partial charge in [0.05, 0.1) is 5.56 Å². The summed E-state index contributed by atoms with van der Waals surface area (Å²) in [5, 5.41) is 12.5. The molecule has 0 aromatic carbocycles. The van der Waals surface area contributed by atoms with Crippen LogP contribution in [0.15, 0.2) is 18.3 Å². The van der Waals surface area contributed by atoms with Crippen LogP contribution < -0.4 is 5.32 Å². The number of aromatic nitrogens is 1. The van der Waals surface area contributed by atoms with Crippen LogP contribution in [0.1, 0.15) is 42.2 Å². The number of nitriles is 1. The van der Waals surface area contributed by atoms with E-state index >= 15 is 0 Å². The Morgan fingerprint density at radius 3 is 2.84 bits per heavy atom. The minimum absolute atomic E-state index is 0.180. The minimum atomic E-state index is -0.180. The van der Waals surface area contributed by atoms with E-state index in [0.29, 0.717) is 23.7 Å². The first-order valence-corrected chi connectivity index (χ1v) is 7.53. The third-order valence-corrected chi connectivity index (χ3v) is 3.35. The maximum atomic E-state index is 11.9. The number of pyridine rings is 1. The lowest BCUT2D eigenvalue weighted by Crippen LogP contribution is -2.30. The van der Waals surface area contributed by atoms with Gasteiger partial charge in [-0.15, -0.1) is 0 Å². The highest BCUT2D eigenvalue weighted by Crippen LogP contribution is 2.11. The molecule has 19 heavy (non-hydrogen) atoms. The lowest BCUT2D eigenvalue weighted by atomic mass is 10.0. The van der Waals surface area contributed by atoms with Crippen molar-refractivity contribution in [1.29, 1.82) is 5.26 Å². The second kappa shape index (κ2) is 8.65. The van der Waals surface area contributed by atoms with Crippen molar-refractivity contribution in [1.82, 2.24) is 10.3 Å². The SMILES string of the molecule is CCCC(CCBr)CNC(=O)c1ccc(C#N)cn1. The second-order valence-electron chi connectivity index (χ2n) is 4.39. The molecule has 1 amide bonds. The average Bonchev–Trinajstić information content (AvgIpc) is 2.45. The highest BCUT2D eigenvalue weighted by atomic mass is 79.9. The molecule has 1 atom stereocenters. The van der Waals surface area contributed by atoms with Gasteiger partial charge in [-0.3, -0.25) is 4.79 Å². The van der Waals surface area contributed by atoms with E-state index in [1.165, 1.54) is 6.20 Å². The lowest BCUT2D eigenvalue weighted by Gasteiger charge is -2.15. The third kappa shape index (κ3) is 5.39. The summed E-state index contributed by atoms with van der Waals surface area (Å²) in [6.07, 6.45) is 4.68.